The molecule has 0 amide bonds. The maximum absolute atomic E-state index is 11.9. The lowest BCUT2D eigenvalue weighted by molar-refractivity contribution is -0.136. The molecule has 0 aromatic carbocycles. The van der Waals surface area contributed by atoms with Gasteiger partial charge in [0, 0.05) is 12.5 Å². The molecule has 3 atom stereocenters. The third-order valence-corrected chi connectivity index (χ3v) is 2.74. The molecule has 0 aromatic heterocycles. The number of ether oxygens (including phenoxy) is 1. The van der Waals surface area contributed by atoms with Crippen molar-refractivity contribution in [3.05, 3.63) is 0 Å². The molecule has 0 saturated carbocycles. The van der Waals surface area contributed by atoms with E-state index in [0.717, 1.165) is 12.8 Å². The number of hydrogen-bond donors (Lipinski definition) is 1. The first-order valence-corrected chi connectivity index (χ1v) is 5.36. The molecule has 1 rings (SSSR count). The van der Waals surface area contributed by atoms with E-state index in [1.165, 1.54) is 0 Å². The molecule has 2 N–H and O–H groups in total. The minimum absolute atomic E-state index is 0.0479. The Kier molecular flexibility index (Phi) is 4.40. The van der Waals surface area contributed by atoms with E-state index in [9.17, 15) is 13.2 Å². The summed E-state index contributed by atoms with van der Waals surface area (Å²) in [5.74, 6) is 0. The molecule has 1 fully saturated rings. The van der Waals surface area contributed by atoms with Crippen LogP contribution in [0.1, 0.15) is 39.0 Å². The summed E-state index contributed by atoms with van der Waals surface area (Å²) in [7, 11) is 0. The summed E-state index contributed by atoms with van der Waals surface area (Å²) in [6, 6.07) is -0.252. The Labute approximate surface area is 88.0 Å². The second kappa shape index (κ2) is 5.16. The maximum atomic E-state index is 11.9. The van der Waals surface area contributed by atoms with E-state index >= 15 is 0 Å². The van der Waals surface area contributed by atoms with E-state index in [4.69, 9.17) is 10.5 Å². The number of halogens is 3. The van der Waals surface area contributed by atoms with E-state index in [2.05, 4.69) is 0 Å². The van der Waals surface area contributed by atoms with Crippen LogP contribution in [0.15, 0.2) is 0 Å². The summed E-state index contributed by atoms with van der Waals surface area (Å²) < 4.78 is 41.1. The molecule has 2 nitrogen and oxygen atoms in total. The normalized spacial score (nSPS) is 29.4. The van der Waals surface area contributed by atoms with Crippen molar-refractivity contribution >= 4 is 0 Å². The lowest BCUT2D eigenvalue weighted by atomic mass is 10.0. The molecule has 0 aromatic rings. The van der Waals surface area contributed by atoms with E-state index < -0.39 is 12.6 Å². The zero-order chi connectivity index (χ0) is 11.5. The minimum atomic E-state index is -4.07. The molecule has 5 heteroatoms. The van der Waals surface area contributed by atoms with Crippen molar-refractivity contribution in [2.45, 2.75) is 63.5 Å². The number of nitrogens with two attached hydrogens (primary N) is 1. The van der Waals surface area contributed by atoms with Gasteiger partial charge in [-0.1, -0.05) is 0 Å². The smallest absolute Gasteiger partial charge is 0.374 e. The summed E-state index contributed by atoms with van der Waals surface area (Å²) in [5, 5.41) is 0. The van der Waals surface area contributed by atoms with Gasteiger partial charge in [-0.3, -0.25) is 0 Å². The van der Waals surface area contributed by atoms with Gasteiger partial charge in [0.1, 0.15) is 0 Å². The molecule has 0 bridgehead atoms. The van der Waals surface area contributed by atoms with Crippen molar-refractivity contribution in [3.8, 4) is 0 Å². The van der Waals surface area contributed by atoms with E-state index in [-0.39, 0.29) is 24.7 Å². The Morgan fingerprint density at radius 2 is 2.07 bits per heavy atom. The molecular formula is C10H18F3NO. The molecule has 0 aliphatic carbocycles. The average molecular weight is 225 g/mol. The number of alkyl halides is 3. The van der Waals surface area contributed by atoms with Crippen molar-refractivity contribution in [1.29, 1.82) is 0 Å². The van der Waals surface area contributed by atoms with E-state index in [1.54, 1.807) is 0 Å². The van der Waals surface area contributed by atoms with Crippen LogP contribution in [0.5, 0.6) is 0 Å². The van der Waals surface area contributed by atoms with Gasteiger partial charge in [-0.2, -0.15) is 13.2 Å². The molecule has 3 unspecified atom stereocenters. The third-order valence-electron chi connectivity index (χ3n) is 2.74. The molecule has 1 heterocycles. The summed E-state index contributed by atoms with van der Waals surface area (Å²) in [5.41, 5.74) is 5.78. The van der Waals surface area contributed by atoms with Crippen molar-refractivity contribution in [1.82, 2.24) is 0 Å². The molecule has 1 aliphatic heterocycles. The van der Waals surface area contributed by atoms with E-state index in [1.807, 2.05) is 6.92 Å². The Morgan fingerprint density at radius 3 is 2.53 bits per heavy atom. The SMILES string of the molecule is CC1CCC(C(N)CCCC(F)(F)F)O1. The zero-order valence-corrected chi connectivity index (χ0v) is 8.89. The number of rotatable bonds is 4. The first-order valence-electron chi connectivity index (χ1n) is 5.36. The fraction of sp³-hybridized carbons (Fsp3) is 1.00. The van der Waals surface area contributed by atoms with Crippen LogP contribution in [0.3, 0.4) is 0 Å². The van der Waals surface area contributed by atoms with Gasteiger partial charge in [-0.15, -0.1) is 0 Å². The summed E-state index contributed by atoms with van der Waals surface area (Å²) in [6.07, 6.45) is -2.36. The molecule has 90 valence electrons. The molecule has 1 saturated heterocycles. The summed E-state index contributed by atoms with van der Waals surface area (Å²) >= 11 is 0. The Bertz CT molecular complexity index is 196. The Morgan fingerprint density at radius 1 is 1.40 bits per heavy atom. The van der Waals surface area contributed by atoms with E-state index in [0.29, 0.717) is 6.42 Å². The standard InChI is InChI=1S/C10H18F3NO/c1-7-4-5-9(15-7)8(14)3-2-6-10(11,12)13/h7-9H,2-6,14H2,1H3. The van der Waals surface area contributed by atoms with Crippen LogP contribution in [-0.4, -0.2) is 24.4 Å². The lowest BCUT2D eigenvalue weighted by Crippen LogP contribution is -2.34. The van der Waals surface area contributed by atoms with Crippen molar-refractivity contribution in [2.75, 3.05) is 0 Å². The second-order valence-electron chi connectivity index (χ2n) is 4.23. The van der Waals surface area contributed by atoms with Crippen LogP contribution in [0, 0.1) is 0 Å². The van der Waals surface area contributed by atoms with Crippen molar-refractivity contribution in [3.63, 3.8) is 0 Å². The molecule has 1 aliphatic rings. The average Bonchev–Trinajstić information content (AvgIpc) is 2.49. The fourth-order valence-electron chi connectivity index (χ4n) is 1.87. The zero-order valence-electron chi connectivity index (χ0n) is 8.89. The Hall–Kier alpha value is -0.290. The molecule has 15 heavy (non-hydrogen) atoms. The van der Waals surface area contributed by atoms with Crippen LogP contribution in [0.2, 0.25) is 0 Å². The topological polar surface area (TPSA) is 35.2 Å². The number of hydrogen-bond acceptors (Lipinski definition) is 2. The van der Waals surface area contributed by atoms with Crippen LogP contribution in [-0.2, 0) is 4.74 Å². The molecule has 0 radical (unpaired) electrons. The highest BCUT2D eigenvalue weighted by Crippen LogP contribution is 2.26. The Balaban J connectivity index is 2.16. The van der Waals surface area contributed by atoms with Gasteiger partial charge in [-0.25, -0.2) is 0 Å². The third kappa shape index (κ3) is 4.84. The maximum Gasteiger partial charge on any atom is 0.389 e. The predicted octanol–water partition coefficient (Wildman–Crippen LogP) is 2.61. The fourth-order valence-corrected chi connectivity index (χ4v) is 1.87. The molecular weight excluding hydrogens is 207 g/mol. The monoisotopic (exact) mass is 225 g/mol. The van der Waals surface area contributed by atoms with Crippen LogP contribution in [0.4, 0.5) is 13.2 Å². The van der Waals surface area contributed by atoms with Gasteiger partial charge in [0.25, 0.3) is 0 Å². The van der Waals surface area contributed by atoms with Gasteiger partial charge < -0.3 is 10.5 Å². The summed E-state index contributed by atoms with van der Waals surface area (Å²) in [4.78, 5) is 0. The van der Waals surface area contributed by atoms with Gasteiger partial charge in [0.2, 0.25) is 0 Å². The minimum Gasteiger partial charge on any atom is -0.374 e. The van der Waals surface area contributed by atoms with Crippen molar-refractivity contribution in [2.24, 2.45) is 5.73 Å². The highest BCUT2D eigenvalue weighted by atomic mass is 19.4. The summed E-state index contributed by atoms with van der Waals surface area (Å²) in [6.45, 7) is 1.96. The van der Waals surface area contributed by atoms with Gasteiger partial charge >= 0.3 is 6.18 Å². The first-order chi connectivity index (χ1) is 6.88. The van der Waals surface area contributed by atoms with Crippen LogP contribution in [0.25, 0.3) is 0 Å². The second-order valence-corrected chi connectivity index (χ2v) is 4.23. The lowest BCUT2D eigenvalue weighted by Gasteiger charge is -2.19. The molecule has 0 spiro atoms. The highest BCUT2D eigenvalue weighted by molar-refractivity contribution is 4.80. The van der Waals surface area contributed by atoms with Crippen molar-refractivity contribution < 1.29 is 17.9 Å². The quantitative estimate of drug-likeness (QED) is 0.798. The highest BCUT2D eigenvalue weighted by Gasteiger charge is 2.30. The largest absolute Gasteiger partial charge is 0.389 e. The predicted molar refractivity (Wildman–Crippen MR) is 51.5 cm³/mol. The first kappa shape index (κ1) is 12.8. The van der Waals surface area contributed by atoms with Gasteiger partial charge in [0.15, 0.2) is 0 Å². The van der Waals surface area contributed by atoms with Gasteiger partial charge in [-0.05, 0) is 32.6 Å². The van der Waals surface area contributed by atoms with Crippen LogP contribution < -0.4 is 5.73 Å². The van der Waals surface area contributed by atoms with Crippen LogP contribution >= 0.6 is 0 Å². The van der Waals surface area contributed by atoms with Gasteiger partial charge in [0.05, 0.1) is 12.2 Å².